The number of aryl methyl sites for hydroxylation is 1. The molecule has 0 aliphatic carbocycles. The highest BCUT2D eigenvalue weighted by Crippen LogP contribution is 2.41. The van der Waals surface area contributed by atoms with Crippen LogP contribution in [0.5, 0.6) is 0 Å². The van der Waals surface area contributed by atoms with Crippen LogP contribution in [0, 0.1) is 18.6 Å². The third-order valence-corrected chi connectivity index (χ3v) is 2.98. The molecular formula is C12H11F2N3O. The monoisotopic (exact) mass is 251 g/mol. The highest BCUT2D eigenvalue weighted by molar-refractivity contribution is 5.28. The Kier molecular flexibility index (Phi) is 2.41. The fraction of sp³-hybridized carbons (Fsp3) is 0.333. The van der Waals surface area contributed by atoms with Crippen molar-refractivity contribution < 1.29 is 13.5 Å². The molecule has 1 aliphatic heterocycles. The van der Waals surface area contributed by atoms with Crippen LogP contribution in [0.15, 0.2) is 24.5 Å². The summed E-state index contributed by atoms with van der Waals surface area (Å²) in [7, 11) is 0. The van der Waals surface area contributed by atoms with Gasteiger partial charge in [0.1, 0.15) is 29.4 Å². The number of epoxide rings is 1. The molecule has 1 unspecified atom stereocenters. The summed E-state index contributed by atoms with van der Waals surface area (Å²) in [6.45, 7) is 2.54. The number of ether oxygens (including phenoxy) is 1. The van der Waals surface area contributed by atoms with E-state index in [9.17, 15) is 8.78 Å². The molecule has 3 rings (SSSR count). The summed E-state index contributed by atoms with van der Waals surface area (Å²) in [6.07, 6.45) is 1.57. The van der Waals surface area contributed by atoms with Crippen LogP contribution in [-0.2, 0) is 16.9 Å². The first-order valence-corrected chi connectivity index (χ1v) is 5.55. The molecule has 1 saturated heterocycles. The van der Waals surface area contributed by atoms with Crippen molar-refractivity contribution in [3.05, 3.63) is 47.5 Å². The van der Waals surface area contributed by atoms with E-state index in [1.54, 1.807) is 17.9 Å². The number of hydrogen-bond donors (Lipinski definition) is 0. The average molecular weight is 251 g/mol. The number of benzene rings is 1. The van der Waals surface area contributed by atoms with Gasteiger partial charge in [-0.2, -0.15) is 5.10 Å². The second kappa shape index (κ2) is 3.84. The van der Waals surface area contributed by atoms with Gasteiger partial charge in [-0.15, -0.1) is 0 Å². The second-order valence-electron chi connectivity index (χ2n) is 4.40. The summed E-state index contributed by atoms with van der Waals surface area (Å²) in [5, 5.41) is 4.14. The molecule has 1 aromatic carbocycles. The van der Waals surface area contributed by atoms with Crippen molar-refractivity contribution in [1.82, 2.24) is 14.8 Å². The molecule has 0 radical (unpaired) electrons. The fourth-order valence-corrected chi connectivity index (χ4v) is 2.00. The van der Waals surface area contributed by atoms with Gasteiger partial charge in [-0.05, 0) is 13.0 Å². The maximum atomic E-state index is 13.7. The third kappa shape index (κ3) is 1.88. The summed E-state index contributed by atoms with van der Waals surface area (Å²) in [5.74, 6) is -0.543. The van der Waals surface area contributed by atoms with Crippen molar-refractivity contribution >= 4 is 0 Å². The predicted molar refractivity (Wildman–Crippen MR) is 58.7 cm³/mol. The van der Waals surface area contributed by atoms with Crippen molar-refractivity contribution in [2.24, 2.45) is 0 Å². The van der Waals surface area contributed by atoms with E-state index in [1.807, 2.05) is 0 Å². The molecule has 1 aliphatic rings. The highest BCUT2D eigenvalue weighted by atomic mass is 19.1. The Morgan fingerprint density at radius 1 is 1.44 bits per heavy atom. The average Bonchev–Trinajstić information content (AvgIpc) is 2.95. The van der Waals surface area contributed by atoms with Gasteiger partial charge < -0.3 is 4.74 Å². The van der Waals surface area contributed by atoms with Crippen LogP contribution in [0.4, 0.5) is 8.78 Å². The zero-order chi connectivity index (χ0) is 12.8. The summed E-state index contributed by atoms with van der Waals surface area (Å²) in [5.41, 5.74) is -0.380. The molecule has 0 bridgehead atoms. The summed E-state index contributed by atoms with van der Waals surface area (Å²) in [6, 6.07) is 3.52. The zero-order valence-corrected chi connectivity index (χ0v) is 9.73. The van der Waals surface area contributed by atoms with E-state index >= 15 is 0 Å². The zero-order valence-electron chi connectivity index (χ0n) is 9.73. The molecule has 4 nitrogen and oxygen atoms in total. The molecule has 0 amide bonds. The molecule has 2 heterocycles. The molecule has 1 atom stereocenters. The van der Waals surface area contributed by atoms with Crippen LogP contribution in [0.1, 0.15) is 11.4 Å². The minimum atomic E-state index is -0.738. The van der Waals surface area contributed by atoms with Crippen molar-refractivity contribution in [1.29, 1.82) is 0 Å². The second-order valence-corrected chi connectivity index (χ2v) is 4.40. The first-order valence-electron chi connectivity index (χ1n) is 5.55. The molecule has 1 aromatic heterocycles. The topological polar surface area (TPSA) is 43.2 Å². The molecule has 1 fully saturated rings. The van der Waals surface area contributed by atoms with E-state index in [4.69, 9.17) is 4.74 Å². The van der Waals surface area contributed by atoms with E-state index in [1.165, 1.54) is 12.1 Å². The van der Waals surface area contributed by atoms with Gasteiger partial charge in [0.05, 0.1) is 13.2 Å². The number of hydrogen-bond acceptors (Lipinski definition) is 3. The first kappa shape index (κ1) is 11.3. The Morgan fingerprint density at radius 3 is 2.78 bits per heavy atom. The lowest BCUT2D eigenvalue weighted by molar-refractivity contribution is 0.262. The lowest BCUT2D eigenvalue weighted by atomic mass is 9.99. The summed E-state index contributed by atoms with van der Waals surface area (Å²) in [4.78, 5) is 4.00. The minimum Gasteiger partial charge on any atom is -0.362 e. The van der Waals surface area contributed by atoms with Crippen molar-refractivity contribution in [3.63, 3.8) is 0 Å². The predicted octanol–water partition coefficient (Wildman–Crippen LogP) is 1.79. The number of nitrogens with zero attached hydrogens (tertiary/aromatic N) is 3. The van der Waals surface area contributed by atoms with E-state index in [0.29, 0.717) is 24.5 Å². The Morgan fingerprint density at radius 2 is 2.22 bits per heavy atom. The standard InChI is InChI=1S/C12H11F2N3O/c1-8-15-7-17(16-8)5-12(6-18-12)10-3-2-9(13)4-11(10)14/h2-4,7H,5-6H2,1H3. The van der Waals surface area contributed by atoms with E-state index in [-0.39, 0.29) is 0 Å². The lowest BCUT2D eigenvalue weighted by Gasteiger charge is -2.13. The van der Waals surface area contributed by atoms with Gasteiger partial charge in [0.25, 0.3) is 0 Å². The Labute approximate surface area is 102 Å². The third-order valence-electron chi connectivity index (χ3n) is 2.98. The molecular weight excluding hydrogens is 240 g/mol. The van der Waals surface area contributed by atoms with E-state index < -0.39 is 17.2 Å². The van der Waals surface area contributed by atoms with Crippen molar-refractivity contribution in [3.8, 4) is 0 Å². The number of halogens is 2. The summed E-state index contributed by atoms with van der Waals surface area (Å²) >= 11 is 0. The SMILES string of the molecule is Cc1ncn(CC2(c3ccc(F)cc3F)CO2)n1. The van der Waals surface area contributed by atoms with Crippen LogP contribution < -0.4 is 0 Å². The largest absolute Gasteiger partial charge is 0.362 e. The molecule has 0 spiro atoms. The molecule has 6 heteroatoms. The van der Waals surface area contributed by atoms with Gasteiger partial charge in [-0.1, -0.05) is 6.07 Å². The van der Waals surface area contributed by atoms with Crippen LogP contribution in [-0.4, -0.2) is 21.4 Å². The van der Waals surface area contributed by atoms with Gasteiger partial charge in [-0.25, -0.2) is 18.4 Å². The van der Waals surface area contributed by atoms with Gasteiger partial charge in [-0.3, -0.25) is 0 Å². The molecule has 18 heavy (non-hydrogen) atoms. The normalized spacial score (nSPS) is 22.2. The van der Waals surface area contributed by atoms with Crippen LogP contribution >= 0.6 is 0 Å². The molecule has 0 saturated carbocycles. The Bertz CT molecular complexity index is 593. The van der Waals surface area contributed by atoms with Crippen LogP contribution in [0.3, 0.4) is 0 Å². The summed E-state index contributed by atoms with van der Waals surface area (Å²) < 4.78 is 33.6. The fourth-order valence-electron chi connectivity index (χ4n) is 2.00. The maximum Gasteiger partial charge on any atom is 0.147 e. The van der Waals surface area contributed by atoms with Crippen LogP contribution in [0.2, 0.25) is 0 Å². The highest BCUT2D eigenvalue weighted by Gasteiger charge is 2.49. The smallest absolute Gasteiger partial charge is 0.147 e. The maximum absolute atomic E-state index is 13.7. The van der Waals surface area contributed by atoms with Crippen molar-refractivity contribution in [2.45, 2.75) is 19.1 Å². The number of rotatable bonds is 3. The van der Waals surface area contributed by atoms with Gasteiger partial charge in [0.2, 0.25) is 0 Å². The van der Waals surface area contributed by atoms with Gasteiger partial charge in [0, 0.05) is 11.6 Å². The first-order chi connectivity index (χ1) is 8.59. The Hall–Kier alpha value is -1.82. The molecule has 0 N–H and O–H groups in total. The lowest BCUT2D eigenvalue weighted by Crippen LogP contribution is -2.20. The Balaban J connectivity index is 1.90. The van der Waals surface area contributed by atoms with Crippen LogP contribution in [0.25, 0.3) is 0 Å². The molecule has 94 valence electrons. The minimum absolute atomic E-state index is 0.358. The van der Waals surface area contributed by atoms with E-state index in [2.05, 4.69) is 10.1 Å². The van der Waals surface area contributed by atoms with Gasteiger partial charge in [0.15, 0.2) is 0 Å². The van der Waals surface area contributed by atoms with Crippen molar-refractivity contribution in [2.75, 3.05) is 6.61 Å². The van der Waals surface area contributed by atoms with Gasteiger partial charge >= 0.3 is 0 Å². The quantitative estimate of drug-likeness (QED) is 0.781. The molecule has 2 aromatic rings. The van der Waals surface area contributed by atoms with E-state index in [0.717, 1.165) is 6.07 Å². The number of aromatic nitrogens is 3.